The van der Waals surface area contributed by atoms with E-state index in [-0.39, 0.29) is 5.91 Å². The van der Waals surface area contributed by atoms with Crippen LogP contribution < -0.4 is 15.4 Å². The van der Waals surface area contributed by atoms with Crippen molar-refractivity contribution in [2.24, 2.45) is 7.05 Å². The van der Waals surface area contributed by atoms with Gasteiger partial charge >= 0.3 is 0 Å². The zero-order chi connectivity index (χ0) is 23.5. The van der Waals surface area contributed by atoms with Crippen molar-refractivity contribution >= 4 is 34.4 Å². The van der Waals surface area contributed by atoms with Crippen LogP contribution in [0.25, 0.3) is 11.0 Å². The van der Waals surface area contributed by atoms with Crippen LogP contribution in [0.4, 0.5) is 17.5 Å². The third kappa shape index (κ3) is 4.72. The Balaban J connectivity index is 1.31. The molecule has 0 spiro atoms. The van der Waals surface area contributed by atoms with E-state index in [1.165, 1.54) is 5.56 Å². The van der Waals surface area contributed by atoms with E-state index in [0.29, 0.717) is 23.9 Å². The van der Waals surface area contributed by atoms with Crippen molar-refractivity contribution in [1.82, 2.24) is 14.5 Å². The van der Waals surface area contributed by atoms with Crippen LogP contribution in [-0.4, -0.2) is 33.2 Å². The number of amides is 1. The van der Waals surface area contributed by atoms with Gasteiger partial charge in [-0.15, -0.1) is 0 Å². The first-order valence-corrected chi connectivity index (χ1v) is 11.5. The lowest BCUT2D eigenvalue weighted by atomic mass is 10.1. The van der Waals surface area contributed by atoms with E-state index < -0.39 is 6.10 Å². The Kier molecular flexibility index (Phi) is 6.14. The van der Waals surface area contributed by atoms with E-state index in [2.05, 4.69) is 46.8 Å². The monoisotopic (exact) mass is 457 g/mol. The number of pyridine rings is 1. The summed E-state index contributed by atoms with van der Waals surface area (Å²) in [7, 11) is 1.98. The van der Waals surface area contributed by atoms with Crippen LogP contribution >= 0.6 is 0 Å². The van der Waals surface area contributed by atoms with Crippen LogP contribution in [0.15, 0.2) is 60.8 Å². The third-order valence-electron chi connectivity index (χ3n) is 5.91. The van der Waals surface area contributed by atoms with Crippen LogP contribution in [-0.2, 0) is 23.0 Å². The Morgan fingerprint density at radius 2 is 1.97 bits per heavy atom. The number of hydrogen-bond donors (Lipinski definition) is 2. The van der Waals surface area contributed by atoms with E-state index >= 15 is 0 Å². The predicted molar refractivity (Wildman–Crippen MR) is 132 cm³/mol. The van der Waals surface area contributed by atoms with Crippen molar-refractivity contribution in [1.29, 1.82) is 0 Å². The summed E-state index contributed by atoms with van der Waals surface area (Å²) in [6, 6.07) is 17.6. The molecule has 8 heteroatoms. The Bertz CT molecular complexity index is 1310. The number of benzene rings is 2. The number of ether oxygens (including phenoxy) is 2. The molecule has 3 heterocycles. The second-order valence-corrected chi connectivity index (χ2v) is 8.29. The maximum atomic E-state index is 12.3. The summed E-state index contributed by atoms with van der Waals surface area (Å²) in [6.07, 6.45) is 3.83. The standard InChI is InChI=1S/C26H27N5O3/c1-3-17-6-8-18(9-7-17)28-26-29-21-15-19(10-11-22(21)31(26)2)34-20-12-13-27-24(16-20)30-25(32)23-5-4-14-33-23/h6-13,15-16,23H,3-5,14H2,1-2H3,(H,28,29)(H,27,30,32). The number of nitrogens with zero attached hydrogens (tertiary/aromatic N) is 3. The fraction of sp³-hybridized carbons (Fsp3) is 0.269. The topological polar surface area (TPSA) is 90.3 Å². The van der Waals surface area contributed by atoms with Crippen molar-refractivity contribution in [3.05, 3.63) is 66.4 Å². The molecule has 4 aromatic rings. The van der Waals surface area contributed by atoms with Crippen molar-refractivity contribution in [3.8, 4) is 11.5 Å². The molecule has 8 nitrogen and oxygen atoms in total. The van der Waals surface area contributed by atoms with Gasteiger partial charge in [0.2, 0.25) is 5.95 Å². The summed E-state index contributed by atoms with van der Waals surface area (Å²) in [5.41, 5.74) is 4.08. The van der Waals surface area contributed by atoms with Gasteiger partial charge in [0.15, 0.2) is 0 Å². The zero-order valence-corrected chi connectivity index (χ0v) is 19.2. The second kappa shape index (κ2) is 9.52. The Morgan fingerprint density at radius 3 is 2.74 bits per heavy atom. The highest BCUT2D eigenvalue weighted by molar-refractivity contribution is 5.93. The van der Waals surface area contributed by atoms with Crippen LogP contribution in [0, 0.1) is 0 Å². The lowest BCUT2D eigenvalue weighted by molar-refractivity contribution is -0.124. The fourth-order valence-electron chi connectivity index (χ4n) is 3.98. The molecule has 174 valence electrons. The molecule has 2 aromatic heterocycles. The molecule has 0 radical (unpaired) electrons. The highest BCUT2D eigenvalue weighted by atomic mass is 16.5. The lowest BCUT2D eigenvalue weighted by Crippen LogP contribution is -2.27. The highest BCUT2D eigenvalue weighted by Crippen LogP contribution is 2.29. The molecule has 2 aromatic carbocycles. The lowest BCUT2D eigenvalue weighted by Gasteiger charge is -2.11. The number of aromatic nitrogens is 3. The Morgan fingerprint density at radius 1 is 1.15 bits per heavy atom. The van der Waals surface area contributed by atoms with Gasteiger partial charge < -0.3 is 24.7 Å². The molecule has 1 aliphatic heterocycles. The van der Waals surface area contributed by atoms with Crippen molar-refractivity contribution in [3.63, 3.8) is 0 Å². The highest BCUT2D eigenvalue weighted by Gasteiger charge is 2.23. The number of fused-ring (bicyclic) bond motifs is 1. The van der Waals surface area contributed by atoms with Gasteiger partial charge in [-0.2, -0.15) is 0 Å². The van der Waals surface area contributed by atoms with E-state index in [0.717, 1.165) is 41.9 Å². The molecule has 1 unspecified atom stereocenters. The van der Waals surface area contributed by atoms with E-state index in [9.17, 15) is 4.79 Å². The van der Waals surface area contributed by atoms with Crippen LogP contribution in [0.3, 0.4) is 0 Å². The van der Waals surface area contributed by atoms with Crippen molar-refractivity contribution in [2.75, 3.05) is 17.2 Å². The zero-order valence-electron chi connectivity index (χ0n) is 19.2. The minimum absolute atomic E-state index is 0.179. The van der Waals surface area contributed by atoms with E-state index in [4.69, 9.17) is 14.5 Å². The van der Waals surface area contributed by atoms with Crippen LogP contribution in [0.2, 0.25) is 0 Å². The maximum Gasteiger partial charge on any atom is 0.254 e. The van der Waals surface area contributed by atoms with Gasteiger partial charge in [-0.05, 0) is 55.2 Å². The molecule has 1 fully saturated rings. The summed E-state index contributed by atoms with van der Waals surface area (Å²) >= 11 is 0. The molecular weight excluding hydrogens is 430 g/mol. The first-order chi connectivity index (χ1) is 16.6. The molecule has 0 saturated carbocycles. The minimum atomic E-state index is -0.412. The SMILES string of the molecule is CCc1ccc(Nc2nc3cc(Oc4ccnc(NC(=O)C5CCCO5)c4)ccc3n2C)cc1. The number of aryl methyl sites for hydroxylation is 2. The molecule has 1 saturated heterocycles. The fourth-order valence-corrected chi connectivity index (χ4v) is 3.98. The largest absolute Gasteiger partial charge is 0.457 e. The first-order valence-electron chi connectivity index (χ1n) is 11.5. The average Bonchev–Trinajstić information content (AvgIpc) is 3.49. The van der Waals surface area contributed by atoms with Crippen molar-refractivity contribution < 1.29 is 14.3 Å². The molecule has 1 atom stereocenters. The number of rotatable bonds is 7. The molecule has 1 amide bonds. The number of anilines is 3. The second-order valence-electron chi connectivity index (χ2n) is 8.29. The normalized spacial score (nSPS) is 15.4. The number of carbonyl (C=O) groups excluding carboxylic acids is 1. The summed E-state index contributed by atoms with van der Waals surface area (Å²) in [4.78, 5) is 21.3. The van der Waals surface area contributed by atoms with Gasteiger partial charge in [0.1, 0.15) is 23.4 Å². The third-order valence-corrected chi connectivity index (χ3v) is 5.91. The molecule has 2 N–H and O–H groups in total. The first kappa shape index (κ1) is 21.9. The molecule has 1 aliphatic rings. The average molecular weight is 458 g/mol. The van der Waals surface area contributed by atoms with Gasteiger partial charge in [-0.1, -0.05) is 19.1 Å². The molecule has 34 heavy (non-hydrogen) atoms. The van der Waals surface area contributed by atoms with E-state index in [1.807, 2.05) is 29.8 Å². The van der Waals surface area contributed by atoms with E-state index in [1.54, 1.807) is 18.3 Å². The quantitative estimate of drug-likeness (QED) is 0.397. The summed E-state index contributed by atoms with van der Waals surface area (Å²) < 4.78 is 13.5. The van der Waals surface area contributed by atoms with Gasteiger partial charge in [0.25, 0.3) is 5.91 Å². The molecule has 0 aliphatic carbocycles. The number of carbonyl (C=O) groups is 1. The smallest absolute Gasteiger partial charge is 0.254 e. The van der Waals surface area contributed by atoms with Crippen LogP contribution in [0.1, 0.15) is 25.3 Å². The minimum Gasteiger partial charge on any atom is -0.457 e. The number of nitrogens with one attached hydrogen (secondary N) is 2. The number of imidazole rings is 1. The molecule has 0 bridgehead atoms. The van der Waals surface area contributed by atoms with Gasteiger partial charge in [0.05, 0.1) is 11.0 Å². The van der Waals surface area contributed by atoms with Gasteiger partial charge in [-0.3, -0.25) is 4.79 Å². The maximum absolute atomic E-state index is 12.3. The van der Waals surface area contributed by atoms with Crippen LogP contribution in [0.5, 0.6) is 11.5 Å². The molecule has 5 rings (SSSR count). The summed E-state index contributed by atoms with van der Waals surface area (Å²) in [5, 5.41) is 6.18. The van der Waals surface area contributed by atoms with Gasteiger partial charge in [-0.25, -0.2) is 9.97 Å². The summed E-state index contributed by atoms with van der Waals surface area (Å²) in [6.45, 7) is 2.76. The summed E-state index contributed by atoms with van der Waals surface area (Å²) in [5.74, 6) is 2.22. The Hall–Kier alpha value is -3.91. The Labute approximate surface area is 197 Å². The molecular formula is C26H27N5O3. The van der Waals surface area contributed by atoms with Crippen molar-refractivity contribution in [2.45, 2.75) is 32.3 Å². The number of hydrogen-bond acceptors (Lipinski definition) is 6. The van der Waals surface area contributed by atoms with Gasteiger partial charge in [0, 0.05) is 37.7 Å². The predicted octanol–water partition coefficient (Wildman–Crippen LogP) is 5.18.